The number of thioether (sulfide) groups is 1. The number of aromatic nitrogens is 1. The van der Waals surface area contributed by atoms with Gasteiger partial charge in [-0.15, -0.1) is 11.8 Å². The van der Waals surface area contributed by atoms with Crippen LogP contribution in [0.5, 0.6) is 0 Å². The first-order chi connectivity index (χ1) is 15.6. The van der Waals surface area contributed by atoms with Gasteiger partial charge in [-0.25, -0.2) is 4.79 Å². The number of benzene rings is 3. The molecular weight excluding hydrogens is 416 g/mol. The lowest BCUT2D eigenvalue weighted by Crippen LogP contribution is -2.59. The highest BCUT2D eigenvalue weighted by atomic mass is 32.2. The Morgan fingerprint density at radius 2 is 1.53 bits per heavy atom. The molecule has 32 heavy (non-hydrogen) atoms. The molecule has 1 fully saturated rings. The average Bonchev–Trinajstić information content (AvgIpc) is 3.15. The third-order valence-electron chi connectivity index (χ3n) is 6.10. The molecule has 1 aliphatic heterocycles. The Morgan fingerprint density at radius 1 is 0.906 bits per heavy atom. The highest BCUT2D eigenvalue weighted by molar-refractivity contribution is 7.99. The molecule has 1 aromatic heterocycles. The van der Waals surface area contributed by atoms with Gasteiger partial charge in [0, 0.05) is 43.0 Å². The van der Waals surface area contributed by atoms with Crippen LogP contribution >= 0.6 is 11.8 Å². The van der Waals surface area contributed by atoms with Gasteiger partial charge in [-0.2, -0.15) is 0 Å². The molecule has 4 nitrogen and oxygen atoms in total. The summed E-state index contributed by atoms with van der Waals surface area (Å²) in [4.78, 5) is 14.6. The highest BCUT2D eigenvalue weighted by Gasteiger charge is 2.49. The van der Waals surface area contributed by atoms with Gasteiger partial charge in [0.2, 0.25) is 0 Å². The molecule has 5 heteroatoms. The molecule has 0 unspecified atom stereocenters. The number of hydrogen-bond acceptors (Lipinski definition) is 3. The molecule has 0 spiro atoms. The van der Waals surface area contributed by atoms with Crippen LogP contribution in [0, 0.1) is 0 Å². The van der Waals surface area contributed by atoms with E-state index >= 15 is 0 Å². The molecule has 0 aliphatic carbocycles. The van der Waals surface area contributed by atoms with Crippen molar-refractivity contribution in [3.63, 3.8) is 0 Å². The summed E-state index contributed by atoms with van der Waals surface area (Å²) >= 11 is 1.92. The molecule has 0 atom stereocenters. The van der Waals surface area contributed by atoms with E-state index in [1.807, 2.05) is 53.1 Å². The predicted octanol–water partition coefficient (Wildman–Crippen LogP) is 5.96. The number of ether oxygens (including phenoxy) is 1. The number of carbonyl (C=O) groups is 1. The van der Waals surface area contributed by atoms with Gasteiger partial charge < -0.3 is 14.2 Å². The molecule has 0 radical (unpaired) electrons. The number of fused-ring (bicyclic) bond motifs is 1. The minimum absolute atomic E-state index is 0.150. The fraction of sp³-hybridized carbons (Fsp3) is 0.222. The first kappa shape index (κ1) is 20.7. The number of nitrogens with zero attached hydrogens (tertiary/aromatic N) is 2. The molecule has 162 valence electrons. The number of likely N-dealkylation sites (tertiary alicyclic amines) is 1. The zero-order valence-corrected chi connectivity index (χ0v) is 18.9. The Bertz CT molecular complexity index is 1210. The van der Waals surface area contributed by atoms with E-state index in [-0.39, 0.29) is 10.8 Å². The number of aryl methyl sites for hydroxylation is 1. The first-order valence-corrected chi connectivity index (χ1v) is 11.8. The quantitative estimate of drug-likeness (QED) is 0.370. The molecular formula is C27H26N2O2S. The number of para-hydroxylation sites is 1. The van der Waals surface area contributed by atoms with Crippen molar-refractivity contribution in [3.8, 4) is 0 Å². The summed E-state index contributed by atoms with van der Waals surface area (Å²) in [6.07, 6.45) is 1.99. The second-order valence-corrected chi connectivity index (χ2v) is 9.69. The van der Waals surface area contributed by atoms with E-state index in [2.05, 4.69) is 66.3 Å². The average molecular weight is 443 g/mol. The van der Waals surface area contributed by atoms with Crippen LogP contribution in [-0.4, -0.2) is 28.6 Å². The molecule has 0 N–H and O–H groups in total. The van der Waals surface area contributed by atoms with Gasteiger partial charge in [0.1, 0.15) is 6.61 Å². The Kier molecular flexibility index (Phi) is 5.66. The van der Waals surface area contributed by atoms with E-state index in [0.717, 1.165) is 11.3 Å². The van der Waals surface area contributed by atoms with Gasteiger partial charge in [-0.3, -0.25) is 0 Å². The van der Waals surface area contributed by atoms with Crippen molar-refractivity contribution in [1.29, 1.82) is 0 Å². The maximum atomic E-state index is 12.8. The lowest BCUT2D eigenvalue weighted by molar-refractivity contribution is 0.0593. The molecule has 4 aromatic rings. The van der Waals surface area contributed by atoms with Crippen molar-refractivity contribution < 1.29 is 9.53 Å². The van der Waals surface area contributed by atoms with Gasteiger partial charge >= 0.3 is 6.09 Å². The van der Waals surface area contributed by atoms with Crippen LogP contribution in [0.1, 0.15) is 16.7 Å². The SMILES string of the molecule is Cn1cc(C2(SCc3ccccc3)CN(C(=O)OCc3ccccc3)C2)c2ccccc21. The van der Waals surface area contributed by atoms with E-state index in [0.29, 0.717) is 19.7 Å². The second kappa shape index (κ2) is 8.75. The van der Waals surface area contributed by atoms with Gasteiger partial charge in [0.25, 0.3) is 0 Å². The fourth-order valence-corrected chi connectivity index (χ4v) is 5.80. The van der Waals surface area contributed by atoms with Gasteiger partial charge in [0.15, 0.2) is 0 Å². The Balaban J connectivity index is 1.36. The first-order valence-electron chi connectivity index (χ1n) is 10.8. The minimum atomic E-state index is -0.245. The topological polar surface area (TPSA) is 34.5 Å². The van der Waals surface area contributed by atoms with E-state index in [1.54, 1.807) is 0 Å². The molecule has 2 heterocycles. The molecule has 3 aromatic carbocycles. The summed E-state index contributed by atoms with van der Waals surface area (Å²) in [6, 6.07) is 28.8. The summed E-state index contributed by atoms with van der Waals surface area (Å²) in [7, 11) is 2.09. The summed E-state index contributed by atoms with van der Waals surface area (Å²) in [5, 5.41) is 1.26. The van der Waals surface area contributed by atoms with E-state index in [4.69, 9.17) is 4.74 Å². The number of rotatable bonds is 6. The van der Waals surface area contributed by atoms with E-state index in [9.17, 15) is 4.79 Å². The summed E-state index contributed by atoms with van der Waals surface area (Å²) in [5.41, 5.74) is 4.80. The van der Waals surface area contributed by atoms with Crippen LogP contribution in [0.4, 0.5) is 4.79 Å². The highest BCUT2D eigenvalue weighted by Crippen LogP contribution is 2.48. The molecule has 1 amide bonds. The minimum Gasteiger partial charge on any atom is -0.445 e. The van der Waals surface area contributed by atoms with Crippen LogP contribution < -0.4 is 0 Å². The smallest absolute Gasteiger partial charge is 0.410 e. The zero-order chi connectivity index (χ0) is 22.0. The summed E-state index contributed by atoms with van der Waals surface area (Å²) in [5.74, 6) is 0.900. The lowest BCUT2D eigenvalue weighted by Gasteiger charge is -2.49. The van der Waals surface area contributed by atoms with Crippen molar-refractivity contribution >= 4 is 28.8 Å². The van der Waals surface area contributed by atoms with E-state index < -0.39 is 0 Å². The Labute approximate surface area is 192 Å². The van der Waals surface area contributed by atoms with Gasteiger partial charge in [-0.1, -0.05) is 78.9 Å². The van der Waals surface area contributed by atoms with Crippen LogP contribution in [0.15, 0.2) is 91.1 Å². The Hall–Kier alpha value is -3.18. The maximum Gasteiger partial charge on any atom is 0.410 e. The number of carbonyl (C=O) groups excluding carboxylic acids is 1. The summed E-state index contributed by atoms with van der Waals surface area (Å²) < 4.78 is 7.63. The number of amides is 1. The van der Waals surface area contributed by atoms with Crippen LogP contribution in [0.3, 0.4) is 0 Å². The van der Waals surface area contributed by atoms with Crippen molar-refractivity contribution in [1.82, 2.24) is 9.47 Å². The van der Waals surface area contributed by atoms with Crippen molar-refractivity contribution in [2.24, 2.45) is 7.05 Å². The van der Waals surface area contributed by atoms with Gasteiger partial charge in [0.05, 0.1) is 4.75 Å². The largest absolute Gasteiger partial charge is 0.445 e. The van der Waals surface area contributed by atoms with E-state index in [1.165, 1.54) is 22.0 Å². The second-order valence-electron chi connectivity index (χ2n) is 8.34. The fourth-order valence-electron chi connectivity index (χ4n) is 4.35. The third-order valence-corrected chi connectivity index (χ3v) is 7.61. The molecule has 1 saturated heterocycles. The molecule has 0 saturated carbocycles. The molecule has 1 aliphatic rings. The van der Waals surface area contributed by atoms with Crippen LogP contribution in [0.25, 0.3) is 10.9 Å². The lowest BCUT2D eigenvalue weighted by atomic mass is 9.90. The summed E-state index contributed by atoms with van der Waals surface area (Å²) in [6.45, 7) is 1.59. The maximum absolute atomic E-state index is 12.8. The number of hydrogen-bond donors (Lipinski definition) is 0. The standard InChI is InChI=1S/C27H26N2O2S/c1-28-16-24(23-14-8-9-15-25(23)28)27(32-18-22-12-6-3-7-13-22)19-29(20-27)26(30)31-17-21-10-4-2-5-11-21/h2-16H,17-20H2,1H3. The Morgan fingerprint density at radius 3 is 2.25 bits per heavy atom. The molecule has 0 bridgehead atoms. The van der Waals surface area contributed by atoms with Crippen molar-refractivity contribution in [3.05, 3.63) is 108 Å². The zero-order valence-electron chi connectivity index (χ0n) is 18.1. The third kappa shape index (κ3) is 4.00. The van der Waals surface area contributed by atoms with Crippen molar-refractivity contribution in [2.45, 2.75) is 17.1 Å². The monoisotopic (exact) mass is 442 g/mol. The van der Waals surface area contributed by atoms with Crippen molar-refractivity contribution in [2.75, 3.05) is 13.1 Å². The van der Waals surface area contributed by atoms with Crippen LogP contribution in [-0.2, 0) is 28.9 Å². The van der Waals surface area contributed by atoms with Crippen LogP contribution in [0.2, 0.25) is 0 Å². The molecule has 5 rings (SSSR count). The normalized spacial score (nSPS) is 14.8. The predicted molar refractivity (Wildman–Crippen MR) is 131 cm³/mol. The van der Waals surface area contributed by atoms with Gasteiger partial charge in [-0.05, 0) is 22.8 Å².